The Labute approximate surface area is 62.8 Å². The van der Waals surface area contributed by atoms with Crippen LogP contribution in [-0.4, -0.2) is 25.6 Å². The van der Waals surface area contributed by atoms with Crippen LogP contribution in [0.5, 0.6) is 0 Å². The van der Waals surface area contributed by atoms with Gasteiger partial charge in [-0.05, 0) is 19.1 Å². The Morgan fingerprint density at radius 3 is 2.64 bits per heavy atom. The molecule has 0 aliphatic rings. The van der Waals surface area contributed by atoms with Crippen LogP contribution in [0.3, 0.4) is 0 Å². The first-order chi connectivity index (χ1) is 5.29. The molecule has 0 amide bonds. The van der Waals surface area contributed by atoms with Gasteiger partial charge in [0, 0.05) is 0 Å². The Morgan fingerprint density at radius 2 is 1.91 bits per heavy atom. The number of aryl methyl sites for hydroxylation is 2. The molecule has 0 bridgehead atoms. The Balaban J connectivity index is 2.94. The average Bonchev–Trinajstić information content (AvgIpc) is 2.35. The SMILES string of the molecule is Cc1nnnc2c(C)[nH]nc12. The zero-order valence-corrected chi connectivity index (χ0v) is 6.29. The Hall–Kier alpha value is -1.52. The van der Waals surface area contributed by atoms with E-state index < -0.39 is 0 Å². The van der Waals surface area contributed by atoms with E-state index in [4.69, 9.17) is 0 Å². The average molecular weight is 149 g/mol. The van der Waals surface area contributed by atoms with Gasteiger partial charge >= 0.3 is 0 Å². The van der Waals surface area contributed by atoms with Gasteiger partial charge in [0.1, 0.15) is 11.0 Å². The lowest BCUT2D eigenvalue weighted by molar-refractivity contribution is 0.868. The number of nitrogens with zero attached hydrogens (tertiary/aromatic N) is 4. The highest BCUT2D eigenvalue weighted by Gasteiger charge is 2.05. The van der Waals surface area contributed by atoms with Crippen molar-refractivity contribution >= 4 is 11.0 Å². The van der Waals surface area contributed by atoms with Crippen LogP contribution in [0, 0.1) is 13.8 Å². The summed E-state index contributed by atoms with van der Waals surface area (Å²) in [6.07, 6.45) is 0. The Bertz CT molecular complexity index is 391. The van der Waals surface area contributed by atoms with Gasteiger partial charge in [0.25, 0.3) is 0 Å². The second kappa shape index (κ2) is 1.98. The second-order valence-electron chi connectivity index (χ2n) is 2.42. The number of aromatic nitrogens is 5. The van der Waals surface area contributed by atoms with Crippen LogP contribution in [0.15, 0.2) is 0 Å². The molecule has 0 aliphatic heterocycles. The zero-order valence-electron chi connectivity index (χ0n) is 6.29. The van der Waals surface area contributed by atoms with Crippen LogP contribution in [0.4, 0.5) is 0 Å². The largest absolute Gasteiger partial charge is 0.280 e. The van der Waals surface area contributed by atoms with E-state index in [9.17, 15) is 0 Å². The van der Waals surface area contributed by atoms with Gasteiger partial charge in [-0.25, -0.2) is 0 Å². The maximum Gasteiger partial charge on any atom is 0.137 e. The number of aromatic amines is 1. The molecule has 56 valence electrons. The first-order valence-electron chi connectivity index (χ1n) is 3.29. The fraction of sp³-hybridized carbons (Fsp3) is 0.333. The molecular formula is C6H7N5. The van der Waals surface area contributed by atoms with Crippen molar-refractivity contribution in [2.45, 2.75) is 13.8 Å². The minimum atomic E-state index is 0.803. The number of nitrogens with one attached hydrogen (secondary N) is 1. The minimum Gasteiger partial charge on any atom is -0.280 e. The standard InChI is InChI=1S/C6H7N5/c1-3-6-5(9-7-3)4(2)8-11-10-6/h1-2H3,(H,7,9). The van der Waals surface area contributed by atoms with Gasteiger partial charge in [-0.15, -0.1) is 10.2 Å². The summed E-state index contributed by atoms with van der Waals surface area (Å²) in [7, 11) is 0. The zero-order chi connectivity index (χ0) is 7.84. The van der Waals surface area contributed by atoms with Gasteiger partial charge in [0.05, 0.1) is 11.4 Å². The van der Waals surface area contributed by atoms with E-state index in [1.54, 1.807) is 0 Å². The third kappa shape index (κ3) is 0.772. The maximum absolute atomic E-state index is 4.03. The smallest absolute Gasteiger partial charge is 0.137 e. The molecule has 0 radical (unpaired) electrons. The molecule has 0 aromatic carbocycles. The molecule has 0 fully saturated rings. The van der Waals surface area contributed by atoms with Gasteiger partial charge in [-0.1, -0.05) is 0 Å². The highest BCUT2D eigenvalue weighted by molar-refractivity contribution is 5.77. The monoisotopic (exact) mass is 149 g/mol. The number of hydrogen-bond acceptors (Lipinski definition) is 4. The molecule has 0 atom stereocenters. The van der Waals surface area contributed by atoms with Gasteiger partial charge < -0.3 is 0 Å². The molecule has 5 heteroatoms. The lowest BCUT2D eigenvalue weighted by Crippen LogP contribution is -1.91. The van der Waals surface area contributed by atoms with Crippen molar-refractivity contribution in [1.82, 2.24) is 25.6 Å². The lowest BCUT2D eigenvalue weighted by atomic mass is 10.3. The molecule has 0 unspecified atom stereocenters. The fourth-order valence-corrected chi connectivity index (χ4v) is 0.979. The van der Waals surface area contributed by atoms with Gasteiger partial charge in [-0.3, -0.25) is 5.10 Å². The summed E-state index contributed by atoms with van der Waals surface area (Å²) in [4.78, 5) is 0. The summed E-state index contributed by atoms with van der Waals surface area (Å²) in [6.45, 7) is 3.76. The molecule has 2 aromatic heterocycles. The van der Waals surface area contributed by atoms with E-state index in [1.807, 2.05) is 13.8 Å². The van der Waals surface area contributed by atoms with Crippen molar-refractivity contribution < 1.29 is 0 Å². The Morgan fingerprint density at radius 1 is 1.09 bits per heavy atom. The summed E-state index contributed by atoms with van der Waals surface area (Å²) in [5, 5.41) is 18.1. The van der Waals surface area contributed by atoms with Crippen molar-refractivity contribution in [3.8, 4) is 0 Å². The first kappa shape index (κ1) is 6.21. The van der Waals surface area contributed by atoms with Crippen molar-refractivity contribution in [1.29, 1.82) is 0 Å². The van der Waals surface area contributed by atoms with E-state index in [1.165, 1.54) is 0 Å². The first-order valence-corrected chi connectivity index (χ1v) is 3.29. The van der Waals surface area contributed by atoms with Crippen LogP contribution < -0.4 is 0 Å². The summed E-state index contributed by atoms with van der Waals surface area (Å²) < 4.78 is 0. The number of rotatable bonds is 0. The highest BCUT2D eigenvalue weighted by atomic mass is 15.3. The summed E-state index contributed by atoms with van der Waals surface area (Å²) in [5.74, 6) is 0. The molecule has 1 N–H and O–H groups in total. The highest BCUT2D eigenvalue weighted by Crippen LogP contribution is 2.11. The molecule has 0 saturated heterocycles. The van der Waals surface area contributed by atoms with Gasteiger partial charge in [0.15, 0.2) is 0 Å². The van der Waals surface area contributed by atoms with Crippen molar-refractivity contribution in [3.05, 3.63) is 11.4 Å². The predicted molar refractivity (Wildman–Crippen MR) is 39.0 cm³/mol. The quantitative estimate of drug-likeness (QED) is 0.587. The molecule has 2 rings (SSSR count). The van der Waals surface area contributed by atoms with Crippen LogP contribution in [0.2, 0.25) is 0 Å². The maximum atomic E-state index is 4.03. The van der Waals surface area contributed by atoms with E-state index in [2.05, 4.69) is 25.6 Å². The number of H-pyrrole nitrogens is 1. The third-order valence-corrected chi connectivity index (χ3v) is 1.60. The van der Waals surface area contributed by atoms with Gasteiger partial charge in [0.2, 0.25) is 0 Å². The molecule has 5 nitrogen and oxygen atoms in total. The minimum absolute atomic E-state index is 0.803. The van der Waals surface area contributed by atoms with E-state index in [0.29, 0.717) is 0 Å². The molecule has 2 heterocycles. The van der Waals surface area contributed by atoms with Crippen molar-refractivity contribution in [2.75, 3.05) is 0 Å². The second-order valence-corrected chi connectivity index (χ2v) is 2.42. The van der Waals surface area contributed by atoms with Crippen molar-refractivity contribution in [2.24, 2.45) is 0 Å². The molecule has 0 spiro atoms. The van der Waals surface area contributed by atoms with E-state index in [0.717, 1.165) is 22.4 Å². The van der Waals surface area contributed by atoms with Crippen molar-refractivity contribution in [3.63, 3.8) is 0 Å². The molecule has 0 saturated carbocycles. The van der Waals surface area contributed by atoms with E-state index in [-0.39, 0.29) is 0 Å². The lowest BCUT2D eigenvalue weighted by Gasteiger charge is -1.87. The topological polar surface area (TPSA) is 67.3 Å². The van der Waals surface area contributed by atoms with Gasteiger partial charge in [-0.2, -0.15) is 5.10 Å². The Kier molecular flexibility index (Phi) is 1.12. The van der Waals surface area contributed by atoms with E-state index >= 15 is 0 Å². The molecule has 11 heavy (non-hydrogen) atoms. The number of fused-ring (bicyclic) bond motifs is 1. The summed E-state index contributed by atoms with van der Waals surface area (Å²) >= 11 is 0. The van der Waals surface area contributed by atoms with Crippen LogP contribution >= 0.6 is 0 Å². The van der Waals surface area contributed by atoms with Crippen LogP contribution in [-0.2, 0) is 0 Å². The van der Waals surface area contributed by atoms with Crippen LogP contribution in [0.1, 0.15) is 11.4 Å². The number of hydrogen-bond donors (Lipinski definition) is 1. The molecule has 2 aromatic rings. The normalized spacial score (nSPS) is 10.7. The fourth-order valence-electron chi connectivity index (χ4n) is 0.979. The molecular weight excluding hydrogens is 142 g/mol. The van der Waals surface area contributed by atoms with Crippen LogP contribution in [0.25, 0.3) is 11.0 Å². The molecule has 0 aliphatic carbocycles. The predicted octanol–water partition coefficient (Wildman–Crippen LogP) is 0.365. The summed E-state index contributed by atoms with van der Waals surface area (Å²) in [6, 6.07) is 0. The third-order valence-electron chi connectivity index (χ3n) is 1.60. The summed E-state index contributed by atoms with van der Waals surface area (Å²) in [5.41, 5.74) is 3.34.